The van der Waals surface area contributed by atoms with Crippen LogP contribution in [0.25, 0.3) is 20.8 Å². The van der Waals surface area contributed by atoms with E-state index in [-0.39, 0.29) is 5.69 Å². The van der Waals surface area contributed by atoms with Gasteiger partial charge >= 0.3 is 0 Å². The molecular formula is C13H7BN2O2S. The van der Waals surface area contributed by atoms with Crippen molar-refractivity contribution in [1.82, 2.24) is 4.98 Å². The highest BCUT2D eigenvalue weighted by atomic mass is 32.1. The Balaban J connectivity index is 2.06. The van der Waals surface area contributed by atoms with E-state index in [1.54, 1.807) is 12.1 Å². The third kappa shape index (κ3) is 2.22. The maximum Gasteiger partial charge on any atom is 0.269 e. The normalized spacial score (nSPS) is 10.7. The van der Waals surface area contributed by atoms with Gasteiger partial charge in [-0.1, -0.05) is 11.5 Å². The average molecular weight is 266 g/mol. The third-order valence-electron chi connectivity index (χ3n) is 2.74. The summed E-state index contributed by atoms with van der Waals surface area (Å²) in [6, 6.07) is 11.9. The first kappa shape index (κ1) is 11.9. The van der Waals surface area contributed by atoms with Crippen LogP contribution in [0, 0.1) is 10.1 Å². The molecule has 3 rings (SSSR count). The van der Waals surface area contributed by atoms with Gasteiger partial charge in [-0.2, -0.15) is 0 Å². The van der Waals surface area contributed by atoms with E-state index in [1.807, 2.05) is 18.2 Å². The highest BCUT2D eigenvalue weighted by Gasteiger charge is 2.09. The number of nitro benzene ring substituents is 1. The summed E-state index contributed by atoms with van der Waals surface area (Å²) in [5.74, 6) is 0. The molecule has 0 aliphatic rings. The molecule has 0 fully saturated rings. The van der Waals surface area contributed by atoms with E-state index in [0.29, 0.717) is 5.46 Å². The Labute approximate surface area is 114 Å². The van der Waals surface area contributed by atoms with Crippen molar-refractivity contribution in [3.8, 4) is 10.6 Å². The second-order valence-electron chi connectivity index (χ2n) is 4.05. The molecule has 1 heterocycles. The quantitative estimate of drug-likeness (QED) is 0.407. The van der Waals surface area contributed by atoms with Crippen molar-refractivity contribution in [2.45, 2.75) is 0 Å². The van der Waals surface area contributed by atoms with Crippen molar-refractivity contribution in [2.75, 3.05) is 0 Å². The van der Waals surface area contributed by atoms with Crippen LogP contribution in [0.1, 0.15) is 0 Å². The van der Waals surface area contributed by atoms with Crippen molar-refractivity contribution >= 4 is 40.5 Å². The number of nitrogens with zero attached hydrogens (tertiary/aromatic N) is 2. The SMILES string of the molecule is [B]c1ccc2nc(-c3ccc([N+](=O)[O-])cc3)sc2c1. The molecule has 0 unspecified atom stereocenters. The smallest absolute Gasteiger partial charge is 0.258 e. The Morgan fingerprint density at radius 2 is 1.89 bits per heavy atom. The molecule has 0 spiro atoms. The van der Waals surface area contributed by atoms with E-state index in [1.165, 1.54) is 23.5 Å². The molecule has 2 aromatic carbocycles. The Morgan fingerprint density at radius 1 is 1.16 bits per heavy atom. The van der Waals surface area contributed by atoms with Crippen molar-refractivity contribution in [3.63, 3.8) is 0 Å². The minimum atomic E-state index is -0.414. The van der Waals surface area contributed by atoms with Gasteiger partial charge in [-0.25, -0.2) is 4.98 Å². The van der Waals surface area contributed by atoms with Crippen molar-refractivity contribution < 1.29 is 4.92 Å². The van der Waals surface area contributed by atoms with Crippen LogP contribution in [0.15, 0.2) is 42.5 Å². The number of thiazole rings is 1. The number of rotatable bonds is 2. The molecule has 4 nitrogen and oxygen atoms in total. The van der Waals surface area contributed by atoms with Crippen LogP contribution in [-0.2, 0) is 0 Å². The lowest BCUT2D eigenvalue weighted by Crippen LogP contribution is -1.98. The maximum absolute atomic E-state index is 10.6. The zero-order chi connectivity index (χ0) is 13.4. The van der Waals surface area contributed by atoms with E-state index >= 15 is 0 Å². The van der Waals surface area contributed by atoms with Gasteiger partial charge in [0.05, 0.1) is 15.1 Å². The van der Waals surface area contributed by atoms with E-state index in [2.05, 4.69) is 4.98 Å². The molecule has 0 amide bonds. The monoisotopic (exact) mass is 266 g/mol. The predicted octanol–water partition coefficient (Wildman–Crippen LogP) is 2.67. The molecule has 1 aromatic heterocycles. The minimum absolute atomic E-state index is 0.0779. The topological polar surface area (TPSA) is 56.0 Å². The molecule has 0 saturated carbocycles. The van der Waals surface area contributed by atoms with E-state index < -0.39 is 4.92 Å². The fraction of sp³-hybridized carbons (Fsp3) is 0. The first-order chi connectivity index (χ1) is 9.13. The second-order valence-corrected chi connectivity index (χ2v) is 5.08. The standard InChI is InChI=1S/C13H7BN2O2S/c14-9-3-6-11-12(7-9)19-13(15-11)8-1-4-10(5-2-8)16(17)18/h1-7H. The molecule has 6 heteroatoms. The Bertz CT molecular complexity index is 768. The molecule has 0 atom stereocenters. The lowest BCUT2D eigenvalue weighted by molar-refractivity contribution is -0.384. The fourth-order valence-corrected chi connectivity index (χ4v) is 2.81. The van der Waals surface area contributed by atoms with E-state index in [0.717, 1.165) is 20.8 Å². The Morgan fingerprint density at radius 3 is 2.58 bits per heavy atom. The van der Waals surface area contributed by atoms with Gasteiger partial charge in [0.1, 0.15) is 12.9 Å². The van der Waals surface area contributed by atoms with Gasteiger partial charge in [0.15, 0.2) is 0 Å². The maximum atomic E-state index is 10.6. The minimum Gasteiger partial charge on any atom is -0.258 e. The summed E-state index contributed by atoms with van der Waals surface area (Å²) in [4.78, 5) is 14.7. The number of nitro groups is 1. The number of non-ortho nitro benzene ring substituents is 1. The average Bonchev–Trinajstić information content (AvgIpc) is 2.81. The van der Waals surface area contributed by atoms with E-state index in [9.17, 15) is 10.1 Å². The van der Waals surface area contributed by atoms with Gasteiger partial charge in [-0.15, -0.1) is 11.3 Å². The number of hydrogen-bond acceptors (Lipinski definition) is 4. The van der Waals surface area contributed by atoms with Crippen molar-refractivity contribution in [2.24, 2.45) is 0 Å². The van der Waals surface area contributed by atoms with Crippen LogP contribution in [-0.4, -0.2) is 17.8 Å². The van der Waals surface area contributed by atoms with Crippen molar-refractivity contribution in [1.29, 1.82) is 0 Å². The van der Waals surface area contributed by atoms with Crippen LogP contribution < -0.4 is 5.46 Å². The summed E-state index contributed by atoms with van der Waals surface area (Å²) < 4.78 is 1.01. The molecule has 0 saturated heterocycles. The highest BCUT2D eigenvalue weighted by molar-refractivity contribution is 7.21. The predicted molar refractivity (Wildman–Crippen MR) is 77.1 cm³/mol. The number of fused-ring (bicyclic) bond motifs is 1. The van der Waals surface area contributed by atoms with Crippen LogP contribution >= 0.6 is 11.3 Å². The Hall–Kier alpha value is -2.21. The number of benzene rings is 2. The molecule has 19 heavy (non-hydrogen) atoms. The molecular weight excluding hydrogens is 259 g/mol. The molecule has 0 aliphatic heterocycles. The van der Waals surface area contributed by atoms with Crippen LogP contribution in [0.5, 0.6) is 0 Å². The number of hydrogen-bond donors (Lipinski definition) is 0. The van der Waals surface area contributed by atoms with Crippen LogP contribution in [0.3, 0.4) is 0 Å². The zero-order valence-electron chi connectivity index (χ0n) is 9.74. The summed E-state index contributed by atoms with van der Waals surface area (Å²) in [7, 11) is 5.73. The van der Waals surface area contributed by atoms with Gasteiger partial charge in [-0.3, -0.25) is 10.1 Å². The largest absolute Gasteiger partial charge is 0.269 e. The molecule has 0 bridgehead atoms. The first-order valence-corrected chi connectivity index (χ1v) is 6.36. The molecule has 90 valence electrons. The highest BCUT2D eigenvalue weighted by Crippen LogP contribution is 2.30. The lowest BCUT2D eigenvalue weighted by atomic mass is 9.97. The molecule has 0 aliphatic carbocycles. The zero-order valence-corrected chi connectivity index (χ0v) is 10.6. The molecule has 2 radical (unpaired) electrons. The van der Waals surface area contributed by atoms with Gasteiger partial charge in [-0.05, 0) is 24.3 Å². The summed E-state index contributed by atoms with van der Waals surface area (Å²) in [5, 5.41) is 11.4. The fourth-order valence-electron chi connectivity index (χ4n) is 1.79. The van der Waals surface area contributed by atoms with Gasteiger partial charge in [0.2, 0.25) is 0 Å². The van der Waals surface area contributed by atoms with Gasteiger partial charge in [0, 0.05) is 17.7 Å². The molecule has 0 N–H and O–H groups in total. The Kier molecular flexibility index (Phi) is 2.79. The number of aromatic nitrogens is 1. The summed E-state index contributed by atoms with van der Waals surface area (Å²) in [6.45, 7) is 0. The van der Waals surface area contributed by atoms with Crippen LogP contribution in [0.2, 0.25) is 0 Å². The van der Waals surface area contributed by atoms with Gasteiger partial charge < -0.3 is 0 Å². The van der Waals surface area contributed by atoms with Crippen LogP contribution in [0.4, 0.5) is 5.69 Å². The summed E-state index contributed by atoms with van der Waals surface area (Å²) in [5.41, 5.74) is 2.53. The summed E-state index contributed by atoms with van der Waals surface area (Å²) >= 11 is 1.52. The summed E-state index contributed by atoms with van der Waals surface area (Å²) in [6.07, 6.45) is 0. The first-order valence-electron chi connectivity index (χ1n) is 5.54. The lowest BCUT2D eigenvalue weighted by Gasteiger charge is -1.95. The molecule has 3 aromatic rings. The second kappa shape index (κ2) is 4.48. The van der Waals surface area contributed by atoms with Gasteiger partial charge in [0.25, 0.3) is 5.69 Å². The third-order valence-corrected chi connectivity index (χ3v) is 3.80. The van der Waals surface area contributed by atoms with Crippen molar-refractivity contribution in [3.05, 3.63) is 52.6 Å². The van der Waals surface area contributed by atoms with E-state index in [4.69, 9.17) is 7.85 Å².